The van der Waals surface area contributed by atoms with Gasteiger partial charge in [0.05, 0.1) is 12.1 Å². The van der Waals surface area contributed by atoms with Crippen LogP contribution in [0.3, 0.4) is 0 Å². The molecule has 0 fully saturated rings. The van der Waals surface area contributed by atoms with E-state index in [0.717, 1.165) is 15.4 Å². The first-order valence-electron chi connectivity index (χ1n) is 5.25. The fraction of sp³-hybridized carbons (Fsp3) is 0.0833. The first-order valence-corrected chi connectivity index (χ1v) is 6.06. The van der Waals surface area contributed by atoms with E-state index in [4.69, 9.17) is 5.73 Å². The van der Waals surface area contributed by atoms with Gasteiger partial charge >= 0.3 is 6.03 Å². The highest BCUT2D eigenvalue weighted by molar-refractivity contribution is 7.19. The third kappa shape index (κ3) is 2.99. The third-order valence-corrected chi connectivity index (χ3v) is 3.21. The van der Waals surface area contributed by atoms with Gasteiger partial charge in [-0.15, -0.1) is 11.3 Å². The largest absolute Gasteiger partial charge is 0.391 e. The quantitative estimate of drug-likeness (QED) is 0.745. The van der Waals surface area contributed by atoms with Crippen molar-refractivity contribution in [1.29, 1.82) is 0 Å². The molecule has 0 unspecified atom stereocenters. The normalized spacial score (nSPS) is 10.1. The first kappa shape index (κ1) is 12.4. The summed E-state index contributed by atoms with van der Waals surface area (Å²) >= 11 is 1.53. The zero-order chi connectivity index (χ0) is 13.0. The second-order valence-electron chi connectivity index (χ2n) is 3.54. The van der Waals surface area contributed by atoms with Crippen LogP contribution in [-0.2, 0) is 4.84 Å². The molecule has 0 saturated carbocycles. The summed E-state index contributed by atoms with van der Waals surface area (Å²) in [5.41, 5.74) is 9.62. The summed E-state index contributed by atoms with van der Waals surface area (Å²) < 4.78 is 0. The fourth-order valence-electron chi connectivity index (χ4n) is 1.48. The van der Waals surface area contributed by atoms with E-state index in [1.165, 1.54) is 18.4 Å². The number of nitrogens with two attached hydrogens (primary N) is 1. The smallest absolute Gasteiger partial charge is 0.343 e. The molecule has 1 heterocycles. The van der Waals surface area contributed by atoms with Gasteiger partial charge in [-0.1, -0.05) is 12.1 Å². The van der Waals surface area contributed by atoms with Crippen LogP contribution in [0.15, 0.2) is 36.4 Å². The van der Waals surface area contributed by atoms with Crippen LogP contribution in [0.2, 0.25) is 0 Å². The number of benzene rings is 1. The Bertz CT molecular complexity index is 537. The highest BCUT2D eigenvalue weighted by Gasteiger charge is 2.03. The summed E-state index contributed by atoms with van der Waals surface area (Å²) in [6, 6.07) is 10.9. The van der Waals surface area contributed by atoms with Gasteiger partial charge in [-0.05, 0) is 29.8 Å². The third-order valence-electron chi connectivity index (χ3n) is 2.25. The first-order chi connectivity index (χ1) is 8.69. The Morgan fingerprint density at radius 1 is 1.22 bits per heavy atom. The summed E-state index contributed by atoms with van der Waals surface area (Å²) in [4.78, 5) is 16.8. The van der Waals surface area contributed by atoms with E-state index < -0.39 is 6.03 Å². The SMILES string of the molecule is CONC(=O)Nc1ccc(-c2ccc(N)s2)cc1. The van der Waals surface area contributed by atoms with Gasteiger partial charge in [-0.25, -0.2) is 10.3 Å². The van der Waals surface area contributed by atoms with Crippen molar-refractivity contribution in [3.05, 3.63) is 36.4 Å². The molecule has 0 spiro atoms. The predicted molar refractivity (Wildman–Crippen MR) is 73.3 cm³/mol. The maximum atomic E-state index is 11.2. The standard InChI is InChI=1S/C12H13N3O2S/c1-17-15-12(16)14-9-4-2-8(3-5-9)10-6-7-11(13)18-10/h2-7H,13H2,1H3,(H2,14,15,16). The van der Waals surface area contributed by atoms with Crippen LogP contribution in [0.25, 0.3) is 10.4 Å². The van der Waals surface area contributed by atoms with Gasteiger partial charge in [0, 0.05) is 10.6 Å². The molecular weight excluding hydrogens is 250 g/mol. The molecule has 2 aromatic rings. The van der Waals surface area contributed by atoms with Crippen molar-refractivity contribution in [3.8, 4) is 10.4 Å². The van der Waals surface area contributed by atoms with E-state index in [0.29, 0.717) is 5.69 Å². The molecule has 0 aliphatic heterocycles. The molecule has 0 atom stereocenters. The number of carbonyl (C=O) groups is 1. The summed E-state index contributed by atoms with van der Waals surface area (Å²) in [6.07, 6.45) is 0. The number of urea groups is 1. The van der Waals surface area contributed by atoms with Gasteiger partial charge in [0.15, 0.2) is 0 Å². The van der Waals surface area contributed by atoms with Gasteiger partial charge in [0.2, 0.25) is 0 Å². The second kappa shape index (κ2) is 5.52. The molecule has 1 aromatic carbocycles. The van der Waals surface area contributed by atoms with Gasteiger partial charge < -0.3 is 11.1 Å². The summed E-state index contributed by atoms with van der Waals surface area (Å²) in [5.74, 6) is 0. The topological polar surface area (TPSA) is 76.4 Å². The zero-order valence-corrected chi connectivity index (χ0v) is 10.6. The molecule has 18 heavy (non-hydrogen) atoms. The molecule has 6 heteroatoms. The molecule has 2 rings (SSSR count). The predicted octanol–water partition coefficient (Wildman–Crippen LogP) is 2.68. The van der Waals surface area contributed by atoms with Crippen molar-refractivity contribution in [2.45, 2.75) is 0 Å². The number of rotatable bonds is 3. The second-order valence-corrected chi connectivity index (χ2v) is 4.66. The molecule has 1 aromatic heterocycles. The lowest BCUT2D eigenvalue weighted by Crippen LogP contribution is -2.27. The number of hydroxylamine groups is 1. The van der Waals surface area contributed by atoms with Crippen molar-refractivity contribution in [2.24, 2.45) is 0 Å². The van der Waals surface area contributed by atoms with Crippen molar-refractivity contribution < 1.29 is 9.63 Å². The Morgan fingerprint density at radius 3 is 2.50 bits per heavy atom. The zero-order valence-electron chi connectivity index (χ0n) is 9.77. The molecular formula is C12H13N3O2S. The number of carbonyl (C=O) groups excluding carboxylic acids is 1. The van der Waals surface area contributed by atoms with Crippen LogP contribution in [0.4, 0.5) is 15.5 Å². The van der Waals surface area contributed by atoms with Crippen LogP contribution in [-0.4, -0.2) is 13.1 Å². The minimum absolute atomic E-state index is 0.411. The van der Waals surface area contributed by atoms with Crippen molar-refractivity contribution in [3.63, 3.8) is 0 Å². The number of anilines is 2. The molecule has 2 amide bonds. The van der Waals surface area contributed by atoms with Crippen molar-refractivity contribution >= 4 is 28.1 Å². The molecule has 0 aliphatic rings. The maximum absolute atomic E-state index is 11.2. The Hall–Kier alpha value is -2.05. The maximum Gasteiger partial charge on any atom is 0.343 e. The minimum atomic E-state index is -0.411. The van der Waals surface area contributed by atoms with Crippen molar-refractivity contribution in [2.75, 3.05) is 18.2 Å². The molecule has 0 aliphatic carbocycles. The lowest BCUT2D eigenvalue weighted by molar-refractivity contribution is 0.114. The summed E-state index contributed by atoms with van der Waals surface area (Å²) in [6.45, 7) is 0. The molecule has 0 radical (unpaired) electrons. The monoisotopic (exact) mass is 263 g/mol. The Morgan fingerprint density at radius 2 is 1.94 bits per heavy atom. The number of hydrogen-bond acceptors (Lipinski definition) is 4. The van der Waals surface area contributed by atoms with E-state index >= 15 is 0 Å². The van der Waals surface area contributed by atoms with Gasteiger partial charge in [-0.2, -0.15) is 0 Å². The van der Waals surface area contributed by atoms with Gasteiger partial charge in [0.1, 0.15) is 0 Å². The number of nitrogens with one attached hydrogen (secondary N) is 2. The Kier molecular flexibility index (Phi) is 3.81. The lowest BCUT2D eigenvalue weighted by Gasteiger charge is -2.06. The van der Waals surface area contributed by atoms with E-state index in [1.54, 1.807) is 0 Å². The molecule has 0 bridgehead atoms. The highest BCUT2D eigenvalue weighted by atomic mass is 32.1. The number of amides is 2. The van der Waals surface area contributed by atoms with Crippen molar-refractivity contribution in [1.82, 2.24) is 5.48 Å². The minimum Gasteiger partial charge on any atom is -0.391 e. The number of nitrogen functional groups attached to an aromatic ring is 1. The Labute approximate surface area is 109 Å². The van der Waals surface area contributed by atoms with Crippen LogP contribution < -0.4 is 16.5 Å². The highest BCUT2D eigenvalue weighted by Crippen LogP contribution is 2.30. The van der Waals surface area contributed by atoms with E-state index in [1.807, 2.05) is 36.4 Å². The fourth-order valence-corrected chi connectivity index (χ4v) is 2.26. The average Bonchev–Trinajstić information content (AvgIpc) is 2.77. The molecule has 94 valence electrons. The molecule has 5 nitrogen and oxygen atoms in total. The van der Waals surface area contributed by atoms with Gasteiger partial charge in [-0.3, -0.25) is 4.84 Å². The number of hydrogen-bond donors (Lipinski definition) is 3. The average molecular weight is 263 g/mol. The van der Waals surface area contributed by atoms with E-state index in [-0.39, 0.29) is 0 Å². The van der Waals surface area contributed by atoms with Crippen LogP contribution in [0.5, 0.6) is 0 Å². The molecule has 0 saturated heterocycles. The van der Waals surface area contributed by atoms with Gasteiger partial charge in [0.25, 0.3) is 0 Å². The van der Waals surface area contributed by atoms with Crippen LogP contribution >= 0.6 is 11.3 Å². The summed E-state index contributed by atoms with van der Waals surface area (Å²) in [5, 5.41) is 3.41. The molecule has 4 N–H and O–H groups in total. The lowest BCUT2D eigenvalue weighted by atomic mass is 10.2. The van der Waals surface area contributed by atoms with E-state index in [2.05, 4.69) is 15.6 Å². The number of thiophene rings is 1. The summed E-state index contributed by atoms with van der Waals surface area (Å²) in [7, 11) is 1.38. The Balaban J connectivity index is 2.08. The van der Waals surface area contributed by atoms with E-state index in [9.17, 15) is 4.79 Å². The van der Waals surface area contributed by atoms with Crippen LogP contribution in [0, 0.1) is 0 Å². The van der Waals surface area contributed by atoms with Crippen LogP contribution in [0.1, 0.15) is 0 Å².